The molecule has 20 heavy (non-hydrogen) atoms. The van der Waals surface area contributed by atoms with Gasteiger partial charge in [-0.15, -0.1) is 0 Å². The zero-order valence-corrected chi connectivity index (χ0v) is 13.3. The van der Waals surface area contributed by atoms with E-state index in [1.807, 2.05) is 0 Å². The molecule has 7 heteroatoms. The topological polar surface area (TPSA) is 92.5 Å². The number of amides is 1. The lowest BCUT2D eigenvalue weighted by atomic mass is 9.66. The molecule has 1 fully saturated rings. The molecule has 3 N–H and O–H groups in total. The molecular formula is C13H27N3O3S. The van der Waals surface area contributed by atoms with E-state index in [4.69, 9.17) is 5.73 Å². The number of nitrogens with one attached hydrogen (secondary N) is 1. The van der Waals surface area contributed by atoms with Crippen molar-refractivity contribution in [2.45, 2.75) is 39.0 Å². The molecule has 0 aromatic carbocycles. The molecule has 1 amide bonds. The largest absolute Gasteiger partial charge is 0.356 e. The maximum absolute atomic E-state index is 11.8. The molecule has 0 radical (unpaired) electrons. The summed E-state index contributed by atoms with van der Waals surface area (Å²) in [4.78, 5) is 11.8. The van der Waals surface area contributed by atoms with Crippen LogP contribution in [0.2, 0.25) is 0 Å². The van der Waals surface area contributed by atoms with Gasteiger partial charge in [-0.1, -0.05) is 13.3 Å². The third kappa shape index (κ3) is 5.03. The van der Waals surface area contributed by atoms with Gasteiger partial charge in [0.2, 0.25) is 15.9 Å². The fourth-order valence-corrected chi connectivity index (χ4v) is 3.50. The van der Waals surface area contributed by atoms with Crippen LogP contribution in [0.25, 0.3) is 0 Å². The van der Waals surface area contributed by atoms with Crippen LogP contribution in [-0.2, 0) is 14.8 Å². The van der Waals surface area contributed by atoms with Gasteiger partial charge in [-0.05, 0) is 31.2 Å². The maximum Gasteiger partial charge on any atom is 0.220 e. The summed E-state index contributed by atoms with van der Waals surface area (Å²) in [5.41, 5.74) is 5.74. The SMILES string of the molecule is CCN(CCCNC(=O)CC1(CN)CCC1)S(C)(=O)=O. The zero-order valence-electron chi connectivity index (χ0n) is 12.5. The van der Waals surface area contributed by atoms with Gasteiger partial charge in [0.1, 0.15) is 0 Å². The summed E-state index contributed by atoms with van der Waals surface area (Å²) in [6, 6.07) is 0. The average molecular weight is 305 g/mol. The molecular weight excluding hydrogens is 278 g/mol. The molecule has 0 heterocycles. The average Bonchev–Trinajstić information content (AvgIpc) is 2.32. The predicted molar refractivity (Wildman–Crippen MR) is 79.7 cm³/mol. The Kier molecular flexibility index (Phi) is 6.42. The third-order valence-electron chi connectivity index (χ3n) is 4.11. The fraction of sp³-hybridized carbons (Fsp3) is 0.923. The first-order chi connectivity index (χ1) is 9.33. The summed E-state index contributed by atoms with van der Waals surface area (Å²) in [5, 5.41) is 2.86. The quantitative estimate of drug-likeness (QED) is 0.599. The molecule has 1 aliphatic carbocycles. The minimum absolute atomic E-state index is 0.0201. The first-order valence-electron chi connectivity index (χ1n) is 7.25. The molecule has 1 rings (SSSR count). The van der Waals surface area contributed by atoms with Gasteiger partial charge in [0.15, 0.2) is 0 Å². The van der Waals surface area contributed by atoms with Gasteiger partial charge in [0.05, 0.1) is 6.26 Å². The molecule has 0 aliphatic heterocycles. The first kappa shape index (κ1) is 17.4. The van der Waals surface area contributed by atoms with Crippen LogP contribution >= 0.6 is 0 Å². The van der Waals surface area contributed by atoms with Crippen LogP contribution in [0.1, 0.15) is 39.0 Å². The molecule has 0 aromatic heterocycles. The second-order valence-corrected chi connectivity index (χ2v) is 7.68. The number of sulfonamides is 1. The molecule has 0 spiro atoms. The van der Waals surface area contributed by atoms with Crippen LogP contribution < -0.4 is 11.1 Å². The van der Waals surface area contributed by atoms with Crippen molar-refractivity contribution >= 4 is 15.9 Å². The van der Waals surface area contributed by atoms with Crippen molar-refractivity contribution < 1.29 is 13.2 Å². The van der Waals surface area contributed by atoms with E-state index in [2.05, 4.69) is 5.32 Å². The molecule has 6 nitrogen and oxygen atoms in total. The van der Waals surface area contributed by atoms with Crippen LogP contribution in [0.4, 0.5) is 0 Å². The Bertz CT molecular complexity index is 413. The predicted octanol–water partition coefficient (Wildman–Crippen LogP) is 0.293. The highest BCUT2D eigenvalue weighted by Gasteiger charge is 2.37. The molecule has 0 unspecified atom stereocenters. The molecule has 1 saturated carbocycles. The monoisotopic (exact) mass is 305 g/mol. The molecule has 1 aliphatic rings. The summed E-state index contributed by atoms with van der Waals surface area (Å²) in [6.45, 7) is 3.78. The minimum atomic E-state index is -3.14. The van der Waals surface area contributed by atoms with Crippen molar-refractivity contribution in [3.05, 3.63) is 0 Å². The lowest BCUT2D eigenvalue weighted by Gasteiger charge is -2.40. The number of nitrogens with two attached hydrogens (primary N) is 1. The molecule has 0 aromatic rings. The summed E-state index contributed by atoms with van der Waals surface area (Å²) < 4.78 is 24.2. The minimum Gasteiger partial charge on any atom is -0.356 e. The van der Waals surface area contributed by atoms with E-state index < -0.39 is 10.0 Å². The van der Waals surface area contributed by atoms with E-state index >= 15 is 0 Å². The Balaban J connectivity index is 2.22. The van der Waals surface area contributed by atoms with Gasteiger partial charge in [0.25, 0.3) is 0 Å². The van der Waals surface area contributed by atoms with Crippen LogP contribution in [-0.4, -0.2) is 51.1 Å². The van der Waals surface area contributed by atoms with Crippen LogP contribution in [0, 0.1) is 5.41 Å². The highest BCUT2D eigenvalue weighted by Crippen LogP contribution is 2.42. The number of rotatable bonds is 9. The van der Waals surface area contributed by atoms with Crippen LogP contribution in [0.5, 0.6) is 0 Å². The van der Waals surface area contributed by atoms with Gasteiger partial charge in [-0.25, -0.2) is 12.7 Å². The summed E-state index contributed by atoms with van der Waals surface area (Å²) in [7, 11) is -3.14. The van der Waals surface area contributed by atoms with Crippen molar-refractivity contribution in [3.8, 4) is 0 Å². The summed E-state index contributed by atoms with van der Waals surface area (Å²) >= 11 is 0. The second-order valence-electron chi connectivity index (χ2n) is 5.69. The second kappa shape index (κ2) is 7.38. The van der Waals surface area contributed by atoms with Crippen LogP contribution in [0.15, 0.2) is 0 Å². The van der Waals surface area contributed by atoms with E-state index in [1.54, 1.807) is 6.92 Å². The normalized spacial score (nSPS) is 17.8. The molecule has 0 bridgehead atoms. The Morgan fingerprint density at radius 3 is 2.45 bits per heavy atom. The molecule has 0 atom stereocenters. The lowest BCUT2D eigenvalue weighted by Crippen LogP contribution is -2.42. The Morgan fingerprint density at radius 1 is 1.40 bits per heavy atom. The number of hydrogen-bond acceptors (Lipinski definition) is 4. The number of hydrogen-bond donors (Lipinski definition) is 2. The van der Waals surface area contributed by atoms with E-state index in [0.717, 1.165) is 19.3 Å². The smallest absolute Gasteiger partial charge is 0.220 e. The van der Waals surface area contributed by atoms with Crippen molar-refractivity contribution in [2.24, 2.45) is 11.1 Å². The van der Waals surface area contributed by atoms with Gasteiger partial charge in [-0.2, -0.15) is 0 Å². The number of carbonyl (C=O) groups is 1. The van der Waals surface area contributed by atoms with Crippen LogP contribution in [0.3, 0.4) is 0 Å². The van der Waals surface area contributed by atoms with Crippen molar-refractivity contribution in [3.63, 3.8) is 0 Å². The lowest BCUT2D eigenvalue weighted by molar-refractivity contribution is -0.124. The number of carbonyl (C=O) groups excluding carboxylic acids is 1. The van der Waals surface area contributed by atoms with E-state index in [9.17, 15) is 13.2 Å². The summed E-state index contributed by atoms with van der Waals surface area (Å²) in [5.74, 6) is 0.0255. The first-order valence-corrected chi connectivity index (χ1v) is 9.10. The van der Waals surface area contributed by atoms with Gasteiger partial charge in [0, 0.05) is 26.1 Å². The third-order valence-corrected chi connectivity index (χ3v) is 5.49. The number of nitrogens with zero attached hydrogens (tertiary/aromatic N) is 1. The standard InChI is InChI=1S/C13H27N3O3S/c1-3-16(20(2,18)19)9-5-8-15-12(17)10-13(11-14)6-4-7-13/h3-11,14H2,1-2H3,(H,15,17). The molecule has 118 valence electrons. The van der Waals surface area contributed by atoms with Gasteiger partial charge < -0.3 is 11.1 Å². The maximum atomic E-state index is 11.8. The highest BCUT2D eigenvalue weighted by atomic mass is 32.2. The van der Waals surface area contributed by atoms with Gasteiger partial charge in [-0.3, -0.25) is 4.79 Å². The Labute approximate surface area is 122 Å². The fourth-order valence-electron chi connectivity index (χ4n) is 2.57. The van der Waals surface area contributed by atoms with E-state index in [0.29, 0.717) is 39.0 Å². The van der Waals surface area contributed by atoms with Crippen molar-refractivity contribution in [1.29, 1.82) is 0 Å². The zero-order chi connectivity index (χ0) is 15.2. The van der Waals surface area contributed by atoms with E-state index in [1.165, 1.54) is 10.6 Å². The van der Waals surface area contributed by atoms with E-state index in [-0.39, 0.29) is 11.3 Å². The Morgan fingerprint density at radius 2 is 2.05 bits per heavy atom. The van der Waals surface area contributed by atoms with Gasteiger partial charge >= 0.3 is 0 Å². The van der Waals surface area contributed by atoms with Crippen molar-refractivity contribution in [2.75, 3.05) is 32.4 Å². The summed E-state index contributed by atoms with van der Waals surface area (Å²) in [6.07, 6.45) is 5.56. The molecule has 0 saturated heterocycles. The van der Waals surface area contributed by atoms with Crippen molar-refractivity contribution in [1.82, 2.24) is 9.62 Å². The highest BCUT2D eigenvalue weighted by molar-refractivity contribution is 7.88. The Hall–Kier alpha value is -0.660.